The van der Waals surface area contributed by atoms with Crippen molar-refractivity contribution in [2.24, 2.45) is 56.2 Å². The molecule has 102 heavy (non-hydrogen) atoms. The number of aliphatic hydroxyl groups is 2. The van der Waals surface area contributed by atoms with E-state index in [1.54, 1.807) is 50.6 Å². The van der Waals surface area contributed by atoms with E-state index in [1.165, 1.54) is 28.4 Å². The van der Waals surface area contributed by atoms with Crippen LogP contribution in [0.4, 0.5) is 0 Å². The first-order valence-electron chi connectivity index (χ1n) is 33.9. The highest BCUT2D eigenvalue weighted by Crippen LogP contribution is 2.23. The Balaban J connectivity index is 1.98. The molecule has 1 aliphatic heterocycles. The minimum atomic E-state index is -1.81. The van der Waals surface area contributed by atoms with Crippen molar-refractivity contribution < 1.29 is 72.9 Å². The van der Waals surface area contributed by atoms with E-state index >= 15 is 0 Å². The smallest absolute Gasteiger partial charge is 0.328 e. The molecule has 0 saturated carbocycles. The number of hydrogen-bond acceptors (Lipinski definition) is 21. The van der Waals surface area contributed by atoms with Gasteiger partial charge >= 0.3 is 5.97 Å². The van der Waals surface area contributed by atoms with Gasteiger partial charge in [-0.3, -0.25) is 62.7 Å². The van der Waals surface area contributed by atoms with Gasteiger partial charge in [-0.05, 0) is 131 Å². The number of nitrogens with one attached hydrogen (secondary N) is 11. The number of likely N-dealkylation sites (tertiary alicyclic amines) is 1. The number of para-hydroxylation sites is 1. The minimum absolute atomic E-state index is 0.0301. The SMILES string of the molecule is CSCC[C@H](NC(=O)[C@H](CCCCN)NC(=O)[C@H](CCCN=C(N)N)NC(=O)[C@H](CO)NC(=O)[C@H](Cc1c[nH]c2ccccc12)NC(=O)[C@H](CCCN=C(N)N)NC(=O)[C@@H](CC(C)C)NC(=O)[C@@H](N)CCSC)C(=O)N1CCC[C@H]1C(=O)N[C@@H](CS)C(=O)N[C@H](C(=O)N[C@@H](CO)C(=O)O)C(C)C. The van der Waals surface area contributed by atoms with E-state index in [-0.39, 0.29) is 114 Å². The third-order valence-corrected chi connectivity index (χ3v) is 18.2. The van der Waals surface area contributed by atoms with Crippen LogP contribution in [0.1, 0.15) is 110 Å². The van der Waals surface area contributed by atoms with Crippen LogP contribution >= 0.6 is 36.2 Å². The van der Waals surface area contributed by atoms with Gasteiger partial charge in [-0.15, -0.1) is 0 Å². The maximum Gasteiger partial charge on any atom is 0.328 e. The number of aromatic amines is 1. The third kappa shape index (κ3) is 30.0. The number of benzene rings is 1. The summed E-state index contributed by atoms with van der Waals surface area (Å²) >= 11 is 7.11. The number of aliphatic carboxylic acids is 1. The van der Waals surface area contributed by atoms with Gasteiger partial charge in [-0.2, -0.15) is 36.2 Å². The number of rotatable bonds is 48. The van der Waals surface area contributed by atoms with E-state index in [9.17, 15) is 72.9 Å². The van der Waals surface area contributed by atoms with Crippen LogP contribution in [0.25, 0.3) is 10.9 Å². The first-order valence-corrected chi connectivity index (χ1v) is 37.4. The molecule has 0 aliphatic carbocycles. The number of unbranched alkanes of at least 4 members (excludes halogenated alkanes) is 1. The van der Waals surface area contributed by atoms with Crippen molar-refractivity contribution in [3.63, 3.8) is 0 Å². The van der Waals surface area contributed by atoms with Crippen molar-refractivity contribution in [1.82, 2.24) is 63.1 Å². The van der Waals surface area contributed by atoms with Gasteiger partial charge in [0.15, 0.2) is 11.9 Å². The number of thioether (sulfide) groups is 2. The zero-order valence-corrected chi connectivity index (χ0v) is 61.4. The van der Waals surface area contributed by atoms with E-state index in [4.69, 9.17) is 34.4 Å². The highest BCUT2D eigenvalue weighted by atomic mass is 32.2. The molecule has 11 amide bonds. The summed E-state index contributed by atoms with van der Waals surface area (Å²) in [6, 6.07) is -9.29. The van der Waals surface area contributed by atoms with Crippen LogP contribution in [0.15, 0.2) is 40.4 Å². The molecule has 1 aliphatic rings. The molecule has 1 fully saturated rings. The van der Waals surface area contributed by atoms with Crippen molar-refractivity contribution in [1.29, 1.82) is 0 Å². The minimum Gasteiger partial charge on any atom is -0.480 e. The molecule has 0 bridgehead atoms. The predicted octanol–water partition coefficient (Wildman–Crippen LogP) is -4.68. The van der Waals surface area contributed by atoms with Crippen LogP contribution in [0.3, 0.4) is 0 Å². The average Bonchev–Trinajstić information content (AvgIpc) is 1.65. The van der Waals surface area contributed by atoms with Gasteiger partial charge in [0, 0.05) is 48.9 Å². The lowest BCUT2D eigenvalue weighted by Gasteiger charge is -2.31. The molecule has 1 saturated heterocycles. The fourth-order valence-corrected chi connectivity index (χ4v) is 12.1. The Kier molecular flexibility index (Phi) is 40.1. The summed E-state index contributed by atoms with van der Waals surface area (Å²) in [7, 11) is 0. The summed E-state index contributed by atoms with van der Waals surface area (Å²) in [5.41, 5.74) is 35.6. The molecule has 0 radical (unpaired) electrons. The molecule has 38 heteroatoms. The number of carboxylic acid groups (broad SMARTS) is 1. The van der Waals surface area contributed by atoms with E-state index < -0.39 is 163 Å². The van der Waals surface area contributed by atoms with E-state index in [0.29, 0.717) is 47.2 Å². The molecule has 0 unspecified atom stereocenters. The maximum absolute atomic E-state index is 14.8. The first kappa shape index (κ1) is 88.0. The number of fused-ring (bicyclic) bond motifs is 1. The largest absolute Gasteiger partial charge is 0.480 e. The number of aliphatic hydroxyl groups excluding tert-OH is 2. The summed E-state index contributed by atoms with van der Waals surface area (Å²) < 4.78 is 0. The van der Waals surface area contributed by atoms with Gasteiger partial charge < -0.3 is 113 Å². The number of carboxylic acids is 1. The Labute approximate surface area is 608 Å². The first-order chi connectivity index (χ1) is 48.4. The second-order valence-electron chi connectivity index (χ2n) is 25.4. The summed E-state index contributed by atoms with van der Waals surface area (Å²) in [5, 5.41) is 56.4. The van der Waals surface area contributed by atoms with Crippen LogP contribution in [0.5, 0.6) is 0 Å². The molecule has 3 rings (SSSR count). The van der Waals surface area contributed by atoms with Crippen molar-refractivity contribution in [2.75, 3.05) is 69.2 Å². The third-order valence-electron chi connectivity index (χ3n) is 16.5. The van der Waals surface area contributed by atoms with Crippen molar-refractivity contribution >= 4 is 130 Å². The molecule has 26 N–H and O–H groups in total. The molecule has 1 aromatic heterocycles. The number of H-pyrrole nitrogens is 1. The van der Waals surface area contributed by atoms with Gasteiger partial charge in [0.2, 0.25) is 65.0 Å². The van der Waals surface area contributed by atoms with E-state index in [2.05, 4.69) is 80.8 Å². The number of hydrogen-bond donors (Lipinski definition) is 21. The van der Waals surface area contributed by atoms with Crippen LogP contribution in [0, 0.1) is 11.8 Å². The Morgan fingerprint density at radius 3 is 1.59 bits per heavy atom. The second-order valence-corrected chi connectivity index (χ2v) is 27.7. The molecule has 2 heterocycles. The molecular weight excluding hydrogens is 1390 g/mol. The Bertz CT molecular complexity index is 3160. The van der Waals surface area contributed by atoms with Gasteiger partial charge in [-0.1, -0.05) is 45.9 Å². The molecule has 2 aromatic rings. The van der Waals surface area contributed by atoms with Crippen molar-refractivity contribution in [3.8, 4) is 0 Å². The fraction of sp³-hybridized carbons (Fsp3) is 0.656. The lowest BCUT2D eigenvalue weighted by Crippen LogP contribution is -2.61. The summed E-state index contributed by atoms with van der Waals surface area (Å²) in [6.45, 7) is 5.15. The Morgan fingerprint density at radius 2 is 1.07 bits per heavy atom. The molecule has 1 aromatic carbocycles. The number of nitrogens with zero attached hydrogens (tertiary/aromatic N) is 3. The van der Waals surface area contributed by atoms with Crippen LogP contribution in [-0.2, 0) is 64.0 Å². The van der Waals surface area contributed by atoms with Crippen LogP contribution < -0.4 is 87.6 Å². The quantitative estimate of drug-likeness (QED) is 0.0128. The predicted molar refractivity (Wildman–Crippen MR) is 393 cm³/mol. The Hall–Kier alpha value is -8.17. The zero-order valence-electron chi connectivity index (χ0n) is 58.8. The topological polar surface area (TPSA) is 586 Å². The average molecular weight is 1490 g/mol. The summed E-state index contributed by atoms with van der Waals surface area (Å²) in [6.07, 6.45) is 6.68. The lowest BCUT2D eigenvalue weighted by molar-refractivity contribution is -0.144. The lowest BCUT2D eigenvalue weighted by atomic mass is 10.0. The van der Waals surface area contributed by atoms with E-state index in [1.807, 2.05) is 20.1 Å². The molecule has 35 nitrogen and oxygen atoms in total. The van der Waals surface area contributed by atoms with Crippen LogP contribution in [-0.4, -0.2) is 250 Å². The van der Waals surface area contributed by atoms with Crippen LogP contribution in [0.2, 0.25) is 0 Å². The molecular formula is C64H108N20O15S3. The molecule has 572 valence electrons. The van der Waals surface area contributed by atoms with Gasteiger partial charge in [0.25, 0.3) is 0 Å². The monoisotopic (exact) mass is 1490 g/mol. The number of aromatic nitrogens is 1. The summed E-state index contributed by atoms with van der Waals surface area (Å²) in [5.74, 6) is -11.2. The Morgan fingerprint density at radius 1 is 0.588 bits per heavy atom. The highest BCUT2D eigenvalue weighted by Gasteiger charge is 2.41. The number of carbonyl (C=O) groups is 12. The fourth-order valence-electron chi connectivity index (χ4n) is 10.9. The van der Waals surface area contributed by atoms with Gasteiger partial charge in [0.05, 0.1) is 19.3 Å². The second kappa shape index (κ2) is 46.4. The van der Waals surface area contributed by atoms with Crippen molar-refractivity contribution in [2.45, 2.75) is 184 Å². The van der Waals surface area contributed by atoms with Gasteiger partial charge in [-0.25, -0.2) is 4.79 Å². The van der Waals surface area contributed by atoms with Gasteiger partial charge in [0.1, 0.15) is 66.5 Å². The standard InChI is InChI=1S/C64H108N20O15S3/c1-34(2)28-44(78-51(87)38(66)20-26-101-5)55(91)75-42(18-12-24-72-64(69)70)54(90)79-45(29-36-30-73-39-15-8-7-14-37(36)39)56(92)80-46(31-85)57(93)76-41(17-11-23-71-63(67)68)52(88)74-40(16-9-10-22-65)53(89)77-43(21-27-102-6)61(97)84-25-13-19-49(84)59(95)82-48(33-100)58(94)83-50(35(3)4)60(96)81-47(32-86)62(98)99/h7-8,14-15,30,34-35,38,40-50,73,85-86,100H,9-13,16-29,31-33,65-66H2,1-6H3,(H,74,88)(H,75,91)(H,76,93)(H,77,89)(H,78,87)(H,79,90)(H,80,92)(H,81,96)(H,82,95)(H,83,94)(H,98,99)(H4,67,68,71)(H4,69,70,72)/t38-,40-,41-,42-,43-,44+,45-,46-,47-,48-,49-,50-/m0/s1. The normalized spacial score (nSPS) is 16.0. The number of thiol groups is 1. The number of carbonyl (C=O) groups excluding carboxylic acids is 11. The summed E-state index contributed by atoms with van der Waals surface area (Å²) in [4.78, 5) is 180. The van der Waals surface area contributed by atoms with E-state index in [0.717, 1.165) is 0 Å². The highest BCUT2D eigenvalue weighted by molar-refractivity contribution is 7.98. The number of aliphatic imine (C=N–C) groups is 2. The maximum atomic E-state index is 14.8. The molecule has 12 atom stereocenters. The number of nitrogens with two attached hydrogens (primary N) is 6. The number of guanidine groups is 2. The zero-order chi connectivity index (χ0) is 76.2. The number of amides is 11. The molecule has 0 spiro atoms. The van der Waals surface area contributed by atoms with Crippen molar-refractivity contribution in [3.05, 3.63) is 36.0 Å².